The van der Waals surface area contributed by atoms with Gasteiger partial charge in [-0.25, -0.2) is 0 Å². The number of rotatable bonds is 6. The molecule has 0 radical (unpaired) electrons. The third-order valence-electron chi connectivity index (χ3n) is 3.68. The molecule has 0 aromatic carbocycles. The van der Waals surface area contributed by atoms with Crippen LogP contribution in [-0.2, 0) is 23.2 Å². The molecule has 2 aliphatic heterocycles. The molecule has 6 N–H and O–H groups in total. The number of aliphatic hydroxyl groups excluding tert-OH is 2. The maximum absolute atomic E-state index is 11.6. The van der Waals surface area contributed by atoms with Crippen molar-refractivity contribution in [3.05, 3.63) is 24.2 Å². The second-order valence-electron chi connectivity index (χ2n) is 5.91. The molecule has 1 amide bonds. The van der Waals surface area contributed by atoms with Crippen LogP contribution in [0.5, 0.6) is 0 Å². The number of hydrogen-bond donors (Lipinski definition) is 6. The van der Waals surface area contributed by atoms with Crippen molar-refractivity contribution >= 4 is 21.1 Å². The molecule has 0 aromatic heterocycles. The van der Waals surface area contributed by atoms with Crippen molar-refractivity contribution in [2.75, 3.05) is 12.5 Å². The summed E-state index contributed by atoms with van der Waals surface area (Å²) in [5.41, 5.74) is 0.295. The van der Waals surface area contributed by atoms with Crippen molar-refractivity contribution < 1.29 is 48.1 Å². The van der Waals surface area contributed by atoms with E-state index in [2.05, 4.69) is 16.4 Å². The van der Waals surface area contributed by atoms with Crippen LogP contribution in [0.4, 0.5) is 0 Å². The van der Waals surface area contributed by atoms with Gasteiger partial charge in [-0.1, -0.05) is 6.58 Å². The zero-order chi connectivity index (χ0) is 19.9. The topological polar surface area (TPSA) is 186 Å². The lowest BCUT2D eigenvalue weighted by Crippen LogP contribution is -2.47. The van der Waals surface area contributed by atoms with E-state index in [1.165, 1.54) is 18.0 Å². The van der Waals surface area contributed by atoms with Crippen LogP contribution >= 0.6 is 15.2 Å². The molecule has 2 unspecified atom stereocenters. The van der Waals surface area contributed by atoms with E-state index >= 15 is 0 Å². The molecular weight excluding hydrogens is 394 g/mol. The van der Waals surface area contributed by atoms with Crippen molar-refractivity contribution in [1.29, 1.82) is 0 Å². The second kappa shape index (κ2) is 7.51. The molecule has 0 aromatic rings. The smallest absolute Gasteiger partial charge is 0.340 e. The van der Waals surface area contributed by atoms with E-state index in [9.17, 15) is 29.0 Å². The standard InChI is InChI=1S/C12H20N2O10P2/c1-6-3-14(7(2)13-11(6)17)12-10(16)9(15)8(24-12)4-23-26(21,22)5-25(18,19)20/h3,8-10,12,15-16H,2,4-5H2,1H3,(H,13,17)(H,21,22)(H2,18,19,20)/t8-,9+,10?,12-/m1/s1. The average molecular weight is 414 g/mol. The second-order valence-corrected chi connectivity index (χ2v) is 9.90. The summed E-state index contributed by atoms with van der Waals surface area (Å²) in [7, 11) is -9.42. The highest BCUT2D eigenvalue weighted by Crippen LogP contribution is 2.55. The predicted octanol–water partition coefficient (Wildman–Crippen LogP) is -1.42. The van der Waals surface area contributed by atoms with Crippen molar-refractivity contribution in [2.24, 2.45) is 0 Å². The van der Waals surface area contributed by atoms with Gasteiger partial charge >= 0.3 is 15.2 Å². The molecule has 2 rings (SSSR count). The zero-order valence-electron chi connectivity index (χ0n) is 13.6. The Morgan fingerprint density at radius 3 is 2.50 bits per heavy atom. The van der Waals surface area contributed by atoms with Crippen LogP contribution in [-0.4, -0.2) is 72.8 Å². The maximum atomic E-state index is 11.6. The summed E-state index contributed by atoms with van der Waals surface area (Å²) in [6.07, 6.45) is -4.06. The molecule has 0 aliphatic carbocycles. The van der Waals surface area contributed by atoms with Gasteiger partial charge in [-0.05, 0) is 6.92 Å². The molecule has 148 valence electrons. The molecular formula is C12H20N2O10P2. The van der Waals surface area contributed by atoms with Gasteiger partial charge in [0.25, 0.3) is 5.91 Å². The van der Waals surface area contributed by atoms with Gasteiger partial charge in [-0.15, -0.1) is 0 Å². The normalized spacial score (nSPS) is 32.2. The summed E-state index contributed by atoms with van der Waals surface area (Å²) in [6, 6.07) is 0. The summed E-state index contributed by atoms with van der Waals surface area (Å²) in [6.45, 7) is 4.42. The first-order valence-corrected chi connectivity index (χ1v) is 10.9. The Bertz CT molecular complexity index is 719. The van der Waals surface area contributed by atoms with Gasteiger partial charge < -0.3 is 44.4 Å². The minimum atomic E-state index is -4.79. The van der Waals surface area contributed by atoms with Crippen LogP contribution in [0, 0.1) is 0 Å². The SMILES string of the molecule is C=C1NC(=O)C(C)=CN1[C@@H]1O[C@H](COP(=O)(O)CP(=O)(O)O)[C@H](O)C1O. The Morgan fingerprint density at radius 2 is 1.92 bits per heavy atom. The van der Waals surface area contributed by atoms with Gasteiger partial charge in [0, 0.05) is 11.8 Å². The summed E-state index contributed by atoms with van der Waals surface area (Å²) >= 11 is 0. The molecule has 2 aliphatic rings. The summed E-state index contributed by atoms with van der Waals surface area (Å²) in [5.74, 6) is -1.68. The van der Waals surface area contributed by atoms with Gasteiger partial charge in [0.1, 0.15) is 24.1 Å². The van der Waals surface area contributed by atoms with Crippen molar-refractivity contribution in [3.63, 3.8) is 0 Å². The number of carbonyl (C=O) groups excluding carboxylic acids is 1. The average Bonchev–Trinajstić information content (AvgIpc) is 2.75. The Morgan fingerprint density at radius 1 is 1.31 bits per heavy atom. The first kappa shape index (κ1) is 21.2. The Kier molecular flexibility index (Phi) is 6.13. The fourth-order valence-electron chi connectivity index (χ4n) is 2.43. The van der Waals surface area contributed by atoms with E-state index in [1.54, 1.807) is 0 Å². The molecule has 1 saturated heterocycles. The maximum Gasteiger partial charge on any atom is 0.340 e. The quantitative estimate of drug-likeness (QED) is 0.280. The number of nitrogens with one attached hydrogen (secondary N) is 1. The van der Waals surface area contributed by atoms with E-state index in [1.807, 2.05) is 0 Å². The monoisotopic (exact) mass is 414 g/mol. The number of aliphatic hydroxyl groups is 2. The Labute approximate surface area is 148 Å². The van der Waals surface area contributed by atoms with E-state index in [4.69, 9.17) is 14.5 Å². The van der Waals surface area contributed by atoms with E-state index < -0.39 is 58.1 Å². The predicted molar refractivity (Wildman–Crippen MR) is 86.2 cm³/mol. The van der Waals surface area contributed by atoms with Gasteiger partial charge in [-0.3, -0.25) is 13.9 Å². The molecule has 0 bridgehead atoms. The molecule has 1 fully saturated rings. The van der Waals surface area contributed by atoms with Crippen molar-refractivity contribution in [3.8, 4) is 0 Å². The van der Waals surface area contributed by atoms with Gasteiger partial charge in [0.05, 0.1) is 6.61 Å². The Balaban J connectivity index is 2.06. The number of amides is 1. The van der Waals surface area contributed by atoms with Crippen molar-refractivity contribution in [2.45, 2.75) is 31.5 Å². The van der Waals surface area contributed by atoms with Crippen molar-refractivity contribution in [1.82, 2.24) is 10.2 Å². The lowest BCUT2D eigenvalue weighted by atomic mass is 10.1. The number of ether oxygens (including phenoxy) is 1. The third kappa shape index (κ3) is 5.01. The fourth-order valence-corrected chi connectivity index (χ4v) is 5.00. The van der Waals surface area contributed by atoms with Crippen LogP contribution in [0.25, 0.3) is 0 Å². The first-order chi connectivity index (χ1) is 11.8. The molecule has 0 saturated carbocycles. The van der Waals surface area contributed by atoms with Crippen LogP contribution in [0.2, 0.25) is 0 Å². The molecule has 5 atom stereocenters. The highest BCUT2D eigenvalue weighted by atomic mass is 31.2. The zero-order valence-corrected chi connectivity index (χ0v) is 15.4. The molecule has 14 heteroatoms. The minimum absolute atomic E-state index is 0.0905. The largest absolute Gasteiger partial charge is 0.387 e. The van der Waals surface area contributed by atoms with Crippen LogP contribution in [0.15, 0.2) is 24.2 Å². The van der Waals surface area contributed by atoms with E-state index in [0.717, 1.165) is 0 Å². The van der Waals surface area contributed by atoms with Crippen LogP contribution in [0.3, 0.4) is 0 Å². The van der Waals surface area contributed by atoms with E-state index in [0.29, 0.717) is 5.57 Å². The van der Waals surface area contributed by atoms with Crippen LogP contribution < -0.4 is 5.32 Å². The van der Waals surface area contributed by atoms with Gasteiger partial charge in [0.15, 0.2) is 12.1 Å². The molecule has 12 nitrogen and oxygen atoms in total. The summed E-state index contributed by atoms with van der Waals surface area (Å²) in [5, 5.41) is 22.6. The Hall–Kier alpha value is -1.07. The first-order valence-electron chi connectivity index (χ1n) is 7.30. The minimum Gasteiger partial charge on any atom is -0.387 e. The highest BCUT2D eigenvalue weighted by molar-refractivity contribution is 7.70. The number of hydrogen-bond acceptors (Lipinski definition) is 8. The number of nitrogens with zero attached hydrogens (tertiary/aromatic N) is 1. The molecule has 0 spiro atoms. The van der Waals surface area contributed by atoms with E-state index in [-0.39, 0.29) is 5.82 Å². The molecule has 26 heavy (non-hydrogen) atoms. The van der Waals surface area contributed by atoms with Gasteiger partial charge in [-0.2, -0.15) is 0 Å². The fraction of sp³-hybridized carbons (Fsp3) is 0.583. The summed E-state index contributed by atoms with van der Waals surface area (Å²) in [4.78, 5) is 39.8. The highest BCUT2D eigenvalue weighted by Gasteiger charge is 2.47. The number of carbonyl (C=O) groups is 1. The van der Waals surface area contributed by atoms with Crippen LogP contribution in [0.1, 0.15) is 6.92 Å². The summed E-state index contributed by atoms with van der Waals surface area (Å²) < 4.78 is 32.5. The lowest BCUT2D eigenvalue weighted by molar-refractivity contribution is -0.119. The third-order valence-corrected chi connectivity index (χ3v) is 7.13. The molecule has 2 heterocycles. The van der Waals surface area contributed by atoms with Gasteiger partial charge in [0.2, 0.25) is 0 Å². The lowest BCUT2D eigenvalue weighted by Gasteiger charge is -2.33.